The molecule has 0 aliphatic rings. The molecule has 1 amide bonds. The average Bonchev–Trinajstić information content (AvgIpc) is 2.67. The standard InChI is InChI=1S/C21H21N3O2S/c1-14-15(2)22-21(23-16(14)3)27-13-20(25)24-18-11-7-8-12-19(18)26-17-9-5-4-6-10-17/h4-12H,13H2,1-3H3,(H,24,25). The van der Waals surface area contributed by atoms with E-state index in [1.165, 1.54) is 11.8 Å². The van der Waals surface area contributed by atoms with E-state index in [0.717, 1.165) is 17.0 Å². The Balaban J connectivity index is 1.64. The van der Waals surface area contributed by atoms with Crippen LogP contribution in [0.2, 0.25) is 0 Å². The Kier molecular flexibility index (Phi) is 6.08. The molecule has 3 aromatic rings. The lowest BCUT2D eigenvalue weighted by atomic mass is 10.2. The third kappa shape index (κ3) is 5.08. The van der Waals surface area contributed by atoms with Crippen molar-refractivity contribution in [2.45, 2.75) is 25.9 Å². The van der Waals surface area contributed by atoms with Crippen LogP contribution in [0.3, 0.4) is 0 Å². The van der Waals surface area contributed by atoms with Gasteiger partial charge in [0.25, 0.3) is 0 Å². The summed E-state index contributed by atoms with van der Waals surface area (Å²) < 4.78 is 5.87. The average molecular weight is 379 g/mol. The third-order valence-electron chi connectivity index (χ3n) is 4.08. The number of aryl methyl sites for hydroxylation is 2. The molecule has 0 fully saturated rings. The molecule has 5 nitrogen and oxygen atoms in total. The fourth-order valence-electron chi connectivity index (χ4n) is 2.40. The lowest BCUT2D eigenvalue weighted by Gasteiger charge is -2.12. The number of rotatable bonds is 6. The van der Waals surface area contributed by atoms with Crippen LogP contribution in [0.1, 0.15) is 17.0 Å². The third-order valence-corrected chi connectivity index (χ3v) is 4.92. The fourth-order valence-corrected chi connectivity index (χ4v) is 3.13. The molecular formula is C21H21N3O2S. The van der Waals surface area contributed by atoms with Gasteiger partial charge in [-0.1, -0.05) is 42.1 Å². The molecule has 0 spiro atoms. The van der Waals surface area contributed by atoms with Crippen molar-refractivity contribution in [2.75, 3.05) is 11.1 Å². The van der Waals surface area contributed by atoms with E-state index in [0.29, 0.717) is 22.3 Å². The van der Waals surface area contributed by atoms with Crippen LogP contribution >= 0.6 is 11.8 Å². The molecule has 0 bridgehead atoms. The molecule has 1 heterocycles. The van der Waals surface area contributed by atoms with E-state index in [9.17, 15) is 4.79 Å². The van der Waals surface area contributed by atoms with E-state index >= 15 is 0 Å². The summed E-state index contributed by atoms with van der Waals surface area (Å²) in [5, 5.41) is 3.51. The maximum Gasteiger partial charge on any atom is 0.234 e. The van der Waals surface area contributed by atoms with E-state index in [-0.39, 0.29) is 11.7 Å². The van der Waals surface area contributed by atoms with Gasteiger partial charge in [0.15, 0.2) is 10.9 Å². The van der Waals surface area contributed by atoms with Crippen LogP contribution in [-0.4, -0.2) is 21.6 Å². The zero-order valence-corrected chi connectivity index (χ0v) is 16.3. The molecule has 1 aromatic heterocycles. The number of hydrogen-bond acceptors (Lipinski definition) is 5. The van der Waals surface area contributed by atoms with Gasteiger partial charge in [0, 0.05) is 11.4 Å². The van der Waals surface area contributed by atoms with Gasteiger partial charge in [-0.15, -0.1) is 0 Å². The largest absolute Gasteiger partial charge is 0.455 e. The minimum absolute atomic E-state index is 0.136. The Hall–Kier alpha value is -2.86. The molecule has 0 aliphatic carbocycles. The van der Waals surface area contributed by atoms with Gasteiger partial charge >= 0.3 is 0 Å². The minimum Gasteiger partial charge on any atom is -0.455 e. The van der Waals surface area contributed by atoms with Crippen molar-refractivity contribution < 1.29 is 9.53 Å². The molecule has 0 aliphatic heterocycles. The van der Waals surface area contributed by atoms with Crippen molar-refractivity contribution in [3.8, 4) is 11.5 Å². The predicted molar refractivity (Wildman–Crippen MR) is 109 cm³/mol. The van der Waals surface area contributed by atoms with Crippen LogP contribution in [0, 0.1) is 20.8 Å². The number of anilines is 1. The number of hydrogen-bond donors (Lipinski definition) is 1. The Morgan fingerprint density at radius 3 is 2.30 bits per heavy atom. The first-order valence-corrected chi connectivity index (χ1v) is 9.58. The van der Waals surface area contributed by atoms with Crippen molar-refractivity contribution >= 4 is 23.4 Å². The topological polar surface area (TPSA) is 64.1 Å². The van der Waals surface area contributed by atoms with Crippen molar-refractivity contribution in [1.82, 2.24) is 9.97 Å². The highest BCUT2D eigenvalue weighted by atomic mass is 32.2. The number of carbonyl (C=O) groups excluding carboxylic acids is 1. The second kappa shape index (κ2) is 8.68. The van der Waals surface area contributed by atoms with Crippen molar-refractivity contribution in [1.29, 1.82) is 0 Å². The maximum absolute atomic E-state index is 12.4. The first-order chi connectivity index (χ1) is 13.0. The SMILES string of the molecule is Cc1nc(SCC(=O)Nc2ccccc2Oc2ccccc2)nc(C)c1C. The number of nitrogens with one attached hydrogen (secondary N) is 1. The molecule has 3 rings (SSSR count). The highest BCUT2D eigenvalue weighted by Gasteiger charge is 2.11. The van der Waals surface area contributed by atoms with Crippen LogP contribution in [0.5, 0.6) is 11.5 Å². The number of thioether (sulfide) groups is 1. The van der Waals surface area contributed by atoms with Gasteiger partial charge < -0.3 is 10.1 Å². The molecule has 6 heteroatoms. The van der Waals surface area contributed by atoms with Gasteiger partial charge in [0.2, 0.25) is 5.91 Å². The van der Waals surface area contributed by atoms with E-state index in [2.05, 4.69) is 15.3 Å². The van der Waals surface area contributed by atoms with E-state index in [4.69, 9.17) is 4.74 Å². The lowest BCUT2D eigenvalue weighted by molar-refractivity contribution is -0.113. The predicted octanol–water partition coefficient (Wildman–Crippen LogP) is 4.92. The monoisotopic (exact) mass is 379 g/mol. The molecule has 0 atom stereocenters. The van der Waals surface area contributed by atoms with Crippen LogP contribution in [0.25, 0.3) is 0 Å². The number of carbonyl (C=O) groups is 1. The summed E-state index contributed by atoms with van der Waals surface area (Å²) in [5.74, 6) is 1.40. The summed E-state index contributed by atoms with van der Waals surface area (Å²) in [6.45, 7) is 5.89. The summed E-state index contributed by atoms with van der Waals surface area (Å²) in [4.78, 5) is 21.3. The zero-order chi connectivity index (χ0) is 19.2. The Bertz CT molecular complexity index is 922. The maximum atomic E-state index is 12.4. The van der Waals surface area contributed by atoms with Gasteiger partial charge in [-0.25, -0.2) is 9.97 Å². The highest BCUT2D eigenvalue weighted by Crippen LogP contribution is 2.29. The molecule has 2 aromatic carbocycles. The number of ether oxygens (including phenoxy) is 1. The summed E-state index contributed by atoms with van der Waals surface area (Å²) in [6.07, 6.45) is 0. The van der Waals surface area contributed by atoms with Crippen molar-refractivity contribution in [2.24, 2.45) is 0 Å². The molecule has 0 saturated carbocycles. The summed E-state index contributed by atoms with van der Waals surface area (Å²) in [7, 11) is 0. The van der Waals surface area contributed by atoms with Gasteiger partial charge in [-0.05, 0) is 50.6 Å². The number of para-hydroxylation sites is 3. The minimum atomic E-state index is -0.136. The zero-order valence-electron chi connectivity index (χ0n) is 15.5. The fraction of sp³-hybridized carbons (Fsp3) is 0.190. The van der Waals surface area contributed by atoms with E-state index < -0.39 is 0 Å². The molecule has 1 N–H and O–H groups in total. The molecule has 27 heavy (non-hydrogen) atoms. The Labute approximate surface area is 163 Å². The van der Waals surface area contributed by atoms with Gasteiger partial charge in [0.1, 0.15) is 5.75 Å². The van der Waals surface area contributed by atoms with Crippen molar-refractivity contribution in [3.05, 3.63) is 71.5 Å². The number of nitrogens with zero attached hydrogens (tertiary/aromatic N) is 2. The highest BCUT2D eigenvalue weighted by molar-refractivity contribution is 7.99. The van der Waals surface area contributed by atoms with E-state index in [1.54, 1.807) is 0 Å². The first kappa shape index (κ1) is 18.9. The first-order valence-electron chi connectivity index (χ1n) is 8.59. The van der Waals surface area contributed by atoms with Crippen molar-refractivity contribution in [3.63, 3.8) is 0 Å². The molecule has 0 unspecified atom stereocenters. The summed E-state index contributed by atoms with van der Waals surface area (Å²) in [5.41, 5.74) is 3.58. The van der Waals surface area contributed by atoms with Gasteiger partial charge in [-0.3, -0.25) is 4.79 Å². The van der Waals surface area contributed by atoms with Crippen LogP contribution in [-0.2, 0) is 4.79 Å². The van der Waals surface area contributed by atoms with Crippen LogP contribution in [0.4, 0.5) is 5.69 Å². The van der Waals surface area contributed by atoms with Gasteiger partial charge in [-0.2, -0.15) is 0 Å². The second-order valence-corrected chi connectivity index (χ2v) is 6.99. The summed E-state index contributed by atoms with van der Waals surface area (Å²) in [6, 6.07) is 16.8. The number of benzene rings is 2. The number of aromatic nitrogens is 2. The molecule has 0 saturated heterocycles. The van der Waals surface area contributed by atoms with Gasteiger partial charge in [0.05, 0.1) is 11.4 Å². The van der Waals surface area contributed by atoms with Crippen LogP contribution < -0.4 is 10.1 Å². The molecular weight excluding hydrogens is 358 g/mol. The molecule has 138 valence electrons. The lowest BCUT2D eigenvalue weighted by Crippen LogP contribution is -2.15. The normalized spacial score (nSPS) is 10.5. The Morgan fingerprint density at radius 1 is 0.963 bits per heavy atom. The summed E-state index contributed by atoms with van der Waals surface area (Å²) >= 11 is 1.32. The smallest absolute Gasteiger partial charge is 0.234 e. The van der Waals surface area contributed by atoms with E-state index in [1.807, 2.05) is 75.4 Å². The second-order valence-electron chi connectivity index (χ2n) is 6.05. The number of amides is 1. The Morgan fingerprint density at radius 2 is 1.59 bits per heavy atom. The van der Waals surface area contributed by atoms with Crippen LogP contribution in [0.15, 0.2) is 59.8 Å². The molecule has 0 radical (unpaired) electrons. The quantitative estimate of drug-likeness (QED) is 0.486.